The van der Waals surface area contributed by atoms with Crippen LogP contribution < -0.4 is 5.73 Å². The summed E-state index contributed by atoms with van der Waals surface area (Å²) in [6.45, 7) is 0. The molecular formula is C7H9N2O2+. The molecule has 4 heteroatoms. The van der Waals surface area contributed by atoms with Gasteiger partial charge in [-0.1, -0.05) is 0 Å². The van der Waals surface area contributed by atoms with Gasteiger partial charge in [-0.2, -0.15) is 0 Å². The van der Waals surface area contributed by atoms with Crippen LogP contribution in [0.3, 0.4) is 0 Å². The minimum absolute atomic E-state index is 0.416. The van der Waals surface area contributed by atoms with E-state index < -0.39 is 0 Å². The van der Waals surface area contributed by atoms with Gasteiger partial charge in [0.15, 0.2) is 7.11 Å². The molecule has 0 unspecified atom stereocenters. The molecule has 0 aliphatic rings. The predicted molar refractivity (Wildman–Crippen MR) is 41.2 cm³/mol. The average molecular weight is 153 g/mol. The summed E-state index contributed by atoms with van der Waals surface area (Å²) in [6, 6.07) is 6.45. The van der Waals surface area contributed by atoms with Gasteiger partial charge in [0.1, 0.15) is 0 Å². The van der Waals surface area contributed by atoms with Crippen LogP contribution in [0.1, 0.15) is 0 Å². The third-order valence-corrected chi connectivity index (χ3v) is 1.27. The van der Waals surface area contributed by atoms with Crippen LogP contribution >= 0.6 is 0 Å². The first-order valence-electron chi connectivity index (χ1n) is 3.11. The molecule has 0 heterocycles. The van der Waals surface area contributed by atoms with E-state index in [-0.39, 0.29) is 0 Å². The van der Waals surface area contributed by atoms with E-state index in [2.05, 4.69) is 4.84 Å². The molecule has 0 bridgehead atoms. The summed E-state index contributed by atoms with van der Waals surface area (Å²) < 4.78 is 0. The Kier molecular flexibility index (Phi) is 2.06. The third kappa shape index (κ3) is 1.67. The molecule has 1 rings (SSSR count). The summed E-state index contributed by atoms with van der Waals surface area (Å²) in [5.41, 5.74) is 6.46. The minimum atomic E-state index is 0.416. The van der Waals surface area contributed by atoms with Crippen molar-refractivity contribution in [3.05, 3.63) is 29.2 Å². The maximum Gasteiger partial charge on any atom is 0.316 e. The van der Waals surface area contributed by atoms with Crippen LogP contribution in [-0.4, -0.2) is 12.0 Å². The van der Waals surface area contributed by atoms with Crippen molar-refractivity contribution < 1.29 is 9.76 Å². The second-order valence-electron chi connectivity index (χ2n) is 2.03. The lowest BCUT2D eigenvalue weighted by atomic mass is 10.3. The Labute approximate surface area is 64.1 Å². The van der Waals surface area contributed by atoms with E-state index >= 15 is 0 Å². The van der Waals surface area contributed by atoms with Crippen molar-refractivity contribution in [1.82, 2.24) is 0 Å². The number of rotatable bonds is 2. The van der Waals surface area contributed by atoms with E-state index in [0.717, 1.165) is 0 Å². The van der Waals surface area contributed by atoms with E-state index in [1.165, 1.54) is 7.11 Å². The van der Waals surface area contributed by atoms with E-state index in [4.69, 9.17) is 5.73 Å². The average Bonchev–Trinajstić information content (AvgIpc) is 2.05. The Hall–Kier alpha value is -1.58. The van der Waals surface area contributed by atoms with Gasteiger partial charge in [0.2, 0.25) is 0 Å². The fraction of sp³-hybridized carbons (Fsp3) is 0.143. The fourth-order valence-corrected chi connectivity index (χ4v) is 0.701. The summed E-state index contributed by atoms with van der Waals surface area (Å²) in [4.78, 5) is 15.6. The molecule has 2 N–H and O–H groups in total. The van der Waals surface area contributed by atoms with Crippen LogP contribution in [-0.2, 0) is 4.84 Å². The Bertz CT molecular complexity index is 256. The molecule has 0 atom stereocenters. The fourth-order valence-electron chi connectivity index (χ4n) is 0.701. The largest absolute Gasteiger partial charge is 0.399 e. The van der Waals surface area contributed by atoms with Crippen LogP contribution in [0.5, 0.6) is 0 Å². The first-order chi connectivity index (χ1) is 5.24. The number of hydrogen-bond donors (Lipinski definition) is 1. The van der Waals surface area contributed by atoms with Gasteiger partial charge in [-0.25, -0.2) is 4.84 Å². The maximum atomic E-state index is 10.8. The van der Waals surface area contributed by atoms with Crippen LogP contribution in [0.2, 0.25) is 0 Å². The SMILES string of the molecule is CO[N+](=O)c1ccc(N)cc1. The zero-order valence-electron chi connectivity index (χ0n) is 6.15. The van der Waals surface area contributed by atoms with Crippen molar-refractivity contribution >= 4 is 11.4 Å². The van der Waals surface area contributed by atoms with Gasteiger partial charge in [0, 0.05) is 17.8 Å². The third-order valence-electron chi connectivity index (χ3n) is 1.27. The lowest BCUT2D eigenvalue weighted by Crippen LogP contribution is -1.97. The molecule has 0 amide bonds. The van der Waals surface area contributed by atoms with E-state index in [9.17, 15) is 4.91 Å². The number of anilines is 1. The zero-order valence-corrected chi connectivity index (χ0v) is 6.15. The molecule has 1 aromatic carbocycles. The second kappa shape index (κ2) is 3.01. The number of benzene rings is 1. The highest BCUT2D eigenvalue weighted by atomic mass is 16.8. The van der Waals surface area contributed by atoms with E-state index in [1.54, 1.807) is 24.3 Å². The molecule has 0 fully saturated rings. The Morgan fingerprint density at radius 3 is 2.36 bits per heavy atom. The second-order valence-corrected chi connectivity index (χ2v) is 2.03. The molecule has 0 aromatic heterocycles. The van der Waals surface area contributed by atoms with Gasteiger partial charge in [0.05, 0.1) is 4.91 Å². The van der Waals surface area contributed by atoms with Gasteiger partial charge < -0.3 is 5.73 Å². The summed E-state index contributed by atoms with van der Waals surface area (Å²) in [6.07, 6.45) is 0. The van der Waals surface area contributed by atoms with E-state index in [0.29, 0.717) is 16.3 Å². The first-order valence-corrected chi connectivity index (χ1v) is 3.11. The summed E-state index contributed by atoms with van der Waals surface area (Å²) >= 11 is 0. The van der Waals surface area contributed by atoms with Crippen molar-refractivity contribution in [2.45, 2.75) is 0 Å². The standard InChI is InChI=1S/C7H9N2O2/c1-11-9(10)7-4-2-6(8)3-5-7/h2-5H,8H2,1H3/q+1. The highest BCUT2D eigenvalue weighted by molar-refractivity contribution is 5.44. The molecule has 0 saturated carbocycles. The summed E-state index contributed by atoms with van der Waals surface area (Å²) in [7, 11) is 1.31. The van der Waals surface area contributed by atoms with Gasteiger partial charge in [-0.15, -0.1) is 0 Å². The maximum absolute atomic E-state index is 10.8. The molecule has 0 spiro atoms. The monoisotopic (exact) mass is 153 g/mol. The van der Waals surface area contributed by atoms with Crippen molar-refractivity contribution in [3.8, 4) is 0 Å². The Balaban J connectivity index is 2.90. The summed E-state index contributed by atoms with van der Waals surface area (Å²) in [5, 5.41) is 0. The van der Waals surface area contributed by atoms with Crippen LogP contribution in [0, 0.1) is 4.91 Å². The highest BCUT2D eigenvalue weighted by Gasteiger charge is 2.11. The topological polar surface area (TPSA) is 55.3 Å². The summed E-state index contributed by atoms with van der Waals surface area (Å²) in [5.74, 6) is 0. The van der Waals surface area contributed by atoms with Gasteiger partial charge >= 0.3 is 5.69 Å². The number of hydrogen-bond acceptors (Lipinski definition) is 3. The van der Waals surface area contributed by atoms with Crippen LogP contribution in [0.15, 0.2) is 24.3 Å². The molecule has 4 nitrogen and oxygen atoms in total. The first kappa shape index (κ1) is 7.53. The van der Waals surface area contributed by atoms with Gasteiger partial charge in [0.25, 0.3) is 4.92 Å². The molecule has 0 radical (unpaired) electrons. The molecule has 0 saturated heterocycles. The number of nitrogen functional groups attached to an aromatic ring is 1. The Morgan fingerprint density at radius 1 is 1.36 bits per heavy atom. The van der Waals surface area contributed by atoms with Gasteiger partial charge in [-0.05, 0) is 12.1 Å². The molecule has 0 aliphatic carbocycles. The van der Waals surface area contributed by atoms with Gasteiger partial charge in [-0.3, -0.25) is 0 Å². The van der Waals surface area contributed by atoms with E-state index in [1.807, 2.05) is 0 Å². The molecule has 58 valence electrons. The normalized spacial score (nSPS) is 9.18. The molecule has 1 aromatic rings. The molecule has 0 aliphatic heterocycles. The Morgan fingerprint density at radius 2 is 1.91 bits per heavy atom. The van der Waals surface area contributed by atoms with Crippen LogP contribution in [0.25, 0.3) is 0 Å². The zero-order chi connectivity index (χ0) is 8.27. The number of nitrogens with two attached hydrogens (primary N) is 1. The van der Waals surface area contributed by atoms with Crippen molar-refractivity contribution in [2.75, 3.05) is 12.8 Å². The molecular weight excluding hydrogens is 144 g/mol. The lowest BCUT2D eigenvalue weighted by molar-refractivity contribution is -0.736. The number of nitrogens with zero attached hydrogens (tertiary/aromatic N) is 1. The predicted octanol–water partition coefficient (Wildman–Crippen LogP) is 1.24. The quantitative estimate of drug-likeness (QED) is 0.513. The van der Waals surface area contributed by atoms with Crippen LogP contribution in [0.4, 0.5) is 11.4 Å². The van der Waals surface area contributed by atoms with Crippen molar-refractivity contribution in [1.29, 1.82) is 0 Å². The smallest absolute Gasteiger partial charge is 0.316 e. The highest BCUT2D eigenvalue weighted by Crippen LogP contribution is 2.12. The lowest BCUT2D eigenvalue weighted by Gasteiger charge is -1.89. The minimum Gasteiger partial charge on any atom is -0.399 e. The molecule has 11 heavy (non-hydrogen) atoms. The van der Waals surface area contributed by atoms with Crippen molar-refractivity contribution in [3.63, 3.8) is 0 Å². The van der Waals surface area contributed by atoms with Crippen molar-refractivity contribution in [2.24, 2.45) is 0 Å².